The van der Waals surface area contributed by atoms with Crippen LogP contribution in [0.15, 0.2) is 48.5 Å². The molecule has 0 spiro atoms. The molecule has 2 amide bonds. The van der Waals surface area contributed by atoms with Crippen molar-refractivity contribution < 1.29 is 14.3 Å². The van der Waals surface area contributed by atoms with E-state index < -0.39 is 6.03 Å². The van der Waals surface area contributed by atoms with Crippen LogP contribution in [0.5, 0.6) is 11.5 Å². The molecule has 3 aromatic rings. The second kappa shape index (κ2) is 9.88. The van der Waals surface area contributed by atoms with Gasteiger partial charge in [0.2, 0.25) is 5.13 Å². The Morgan fingerprint density at radius 3 is 2.55 bits per heavy atom. The summed E-state index contributed by atoms with van der Waals surface area (Å²) in [5, 5.41) is 14.6. The maximum Gasteiger partial charge on any atom is 0.325 e. The number of hydrogen-bond acceptors (Lipinski definition) is 6. The number of ether oxygens (including phenoxy) is 2. The van der Waals surface area contributed by atoms with Crippen molar-refractivity contribution in [2.45, 2.75) is 32.8 Å². The second-order valence-electron chi connectivity index (χ2n) is 6.42. The molecule has 0 aliphatic rings. The number of benzene rings is 2. The second-order valence-corrected chi connectivity index (χ2v) is 7.48. The zero-order chi connectivity index (χ0) is 20.6. The maximum atomic E-state index is 12.2. The van der Waals surface area contributed by atoms with E-state index in [0.29, 0.717) is 34.1 Å². The van der Waals surface area contributed by atoms with Gasteiger partial charge >= 0.3 is 6.03 Å². The first-order chi connectivity index (χ1) is 14.1. The Morgan fingerprint density at radius 1 is 1.07 bits per heavy atom. The highest BCUT2D eigenvalue weighted by atomic mass is 32.1. The van der Waals surface area contributed by atoms with E-state index in [9.17, 15) is 4.79 Å². The average Bonchev–Trinajstić information content (AvgIpc) is 3.19. The molecule has 0 aliphatic carbocycles. The molecule has 152 valence electrons. The lowest BCUT2D eigenvalue weighted by Gasteiger charge is -2.14. The minimum atomic E-state index is -0.416. The maximum absolute atomic E-state index is 12.2. The van der Waals surface area contributed by atoms with Gasteiger partial charge in [-0.1, -0.05) is 55.5 Å². The highest BCUT2D eigenvalue weighted by Crippen LogP contribution is 2.29. The molecule has 2 aromatic carbocycles. The number of carbonyl (C=O) groups excluding carboxylic acids is 1. The molecule has 0 bridgehead atoms. The Bertz CT molecular complexity index is 960. The van der Waals surface area contributed by atoms with Crippen LogP contribution < -0.4 is 20.1 Å². The molecule has 1 atom stereocenters. The van der Waals surface area contributed by atoms with Gasteiger partial charge in [-0.2, -0.15) is 0 Å². The SMILES string of the molecule is CCC(C)c1ccccc1OCc1nnc(NC(=O)Nc2ccccc2OC)s1. The Hall–Kier alpha value is -3.13. The van der Waals surface area contributed by atoms with Gasteiger partial charge in [-0.3, -0.25) is 5.32 Å². The zero-order valence-corrected chi connectivity index (χ0v) is 17.5. The third-order valence-electron chi connectivity index (χ3n) is 4.46. The first-order valence-electron chi connectivity index (χ1n) is 9.35. The number of nitrogens with zero attached hydrogens (tertiary/aromatic N) is 2. The number of para-hydroxylation sites is 3. The molecule has 0 fully saturated rings. The average molecular weight is 413 g/mol. The van der Waals surface area contributed by atoms with E-state index in [0.717, 1.165) is 12.2 Å². The first kappa shape index (κ1) is 20.6. The van der Waals surface area contributed by atoms with Gasteiger partial charge < -0.3 is 14.8 Å². The van der Waals surface area contributed by atoms with E-state index in [1.54, 1.807) is 19.2 Å². The van der Waals surface area contributed by atoms with Crippen molar-refractivity contribution >= 4 is 28.2 Å². The van der Waals surface area contributed by atoms with Crippen LogP contribution >= 0.6 is 11.3 Å². The van der Waals surface area contributed by atoms with E-state index >= 15 is 0 Å². The monoisotopic (exact) mass is 412 g/mol. The summed E-state index contributed by atoms with van der Waals surface area (Å²) >= 11 is 1.27. The molecule has 2 N–H and O–H groups in total. The number of anilines is 2. The van der Waals surface area contributed by atoms with E-state index in [2.05, 4.69) is 40.7 Å². The van der Waals surface area contributed by atoms with Gasteiger partial charge in [0.05, 0.1) is 12.8 Å². The van der Waals surface area contributed by atoms with Gasteiger partial charge in [0.15, 0.2) is 5.01 Å². The summed E-state index contributed by atoms with van der Waals surface area (Å²) < 4.78 is 11.2. The van der Waals surface area contributed by atoms with Gasteiger partial charge in [-0.25, -0.2) is 4.79 Å². The standard InChI is InChI=1S/C21H24N4O3S/c1-4-14(2)15-9-5-7-11-17(15)28-13-19-24-25-21(29-19)23-20(26)22-16-10-6-8-12-18(16)27-3/h5-12,14H,4,13H2,1-3H3,(H2,22,23,25,26). The molecule has 1 unspecified atom stereocenters. The van der Waals surface area contributed by atoms with Crippen molar-refractivity contribution in [2.24, 2.45) is 0 Å². The lowest BCUT2D eigenvalue weighted by Crippen LogP contribution is -2.19. The summed E-state index contributed by atoms with van der Waals surface area (Å²) in [4.78, 5) is 12.2. The summed E-state index contributed by atoms with van der Waals surface area (Å²) in [6.07, 6.45) is 1.04. The number of rotatable bonds is 8. The Balaban J connectivity index is 1.58. The van der Waals surface area contributed by atoms with Crippen molar-refractivity contribution in [2.75, 3.05) is 17.7 Å². The molecule has 1 aromatic heterocycles. The number of methoxy groups -OCH3 is 1. The fraction of sp³-hybridized carbons (Fsp3) is 0.286. The molecule has 3 rings (SSSR count). The van der Waals surface area contributed by atoms with Gasteiger partial charge in [0.1, 0.15) is 18.1 Å². The van der Waals surface area contributed by atoms with Crippen LogP contribution in [0.2, 0.25) is 0 Å². The molecule has 0 saturated carbocycles. The molecule has 7 nitrogen and oxygen atoms in total. The Kier molecular flexibility index (Phi) is 7.02. The minimum absolute atomic E-state index is 0.293. The van der Waals surface area contributed by atoms with Gasteiger partial charge in [0.25, 0.3) is 0 Å². The normalized spacial score (nSPS) is 11.6. The van der Waals surface area contributed by atoms with E-state index in [4.69, 9.17) is 9.47 Å². The fourth-order valence-electron chi connectivity index (χ4n) is 2.74. The lowest BCUT2D eigenvalue weighted by atomic mass is 9.98. The first-order valence-corrected chi connectivity index (χ1v) is 10.2. The Labute approximate surface area is 174 Å². The van der Waals surface area contributed by atoms with Crippen LogP contribution in [0.3, 0.4) is 0 Å². The predicted octanol–water partition coefficient (Wildman–Crippen LogP) is 5.28. The highest BCUT2D eigenvalue weighted by Gasteiger charge is 2.13. The quantitative estimate of drug-likeness (QED) is 0.525. The number of hydrogen-bond donors (Lipinski definition) is 2. The topological polar surface area (TPSA) is 85.4 Å². The summed E-state index contributed by atoms with van der Waals surface area (Å²) in [6, 6.07) is 14.8. The molecule has 0 saturated heterocycles. The number of carbonyl (C=O) groups is 1. The number of amides is 2. The lowest BCUT2D eigenvalue weighted by molar-refractivity contribution is 0.262. The fourth-order valence-corrected chi connectivity index (χ4v) is 3.39. The smallest absolute Gasteiger partial charge is 0.325 e. The molecule has 29 heavy (non-hydrogen) atoms. The van der Waals surface area contributed by atoms with E-state index in [1.807, 2.05) is 30.3 Å². The van der Waals surface area contributed by atoms with Crippen LogP contribution in [0.4, 0.5) is 15.6 Å². The number of nitrogens with one attached hydrogen (secondary N) is 2. The van der Waals surface area contributed by atoms with Crippen LogP contribution in [0.1, 0.15) is 36.8 Å². The Morgan fingerprint density at radius 2 is 1.79 bits per heavy atom. The van der Waals surface area contributed by atoms with Gasteiger partial charge in [-0.15, -0.1) is 10.2 Å². The molecular formula is C21H24N4O3S. The zero-order valence-electron chi connectivity index (χ0n) is 16.6. The molecule has 0 aliphatic heterocycles. The van der Waals surface area contributed by atoms with Crippen molar-refractivity contribution in [3.63, 3.8) is 0 Å². The van der Waals surface area contributed by atoms with Crippen molar-refractivity contribution in [3.05, 3.63) is 59.1 Å². The molecule has 0 radical (unpaired) electrons. The molecule has 8 heteroatoms. The predicted molar refractivity (Wildman–Crippen MR) is 115 cm³/mol. The van der Waals surface area contributed by atoms with E-state index in [1.165, 1.54) is 16.9 Å². The summed E-state index contributed by atoms with van der Waals surface area (Å²) in [7, 11) is 1.55. The van der Waals surface area contributed by atoms with Crippen LogP contribution in [0.25, 0.3) is 0 Å². The summed E-state index contributed by atoms with van der Waals surface area (Å²) in [6.45, 7) is 4.62. The highest BCUT2D eigenvalue weighted by molar-refractivity contribution is 7.15. The number of aromatic nitrogens is 2. The minimum Gasteiger partial charge on any atom is -0.495 e. The summed E-state index contributed by atoms with van der Waals surface area (Å²) in [5.41, 5.74) is 1.75. The van der Waals surface area contributed by atoms with Crippen molar-refractivity contribution in [3.8, 4) is 11.5 Å². The third kappa shape index (κ3) is 5.45. The van der Waals surface area contributed by atoms with E-state index in [-0.39, 0.29) is 0 Å². The van der Waals surface area contributed by atoms with Crippen molar-refractivity contribution in [1.82, 2.24) is 10.2 Å². The van der Waals surface area contributed by atoms with Crippen LogP contribution in [0, 0.1) is 0 Å². The van der Waals surface area contributed by atoms with Crippen LogP contribution in [-0.4, -0.2) is 23.3 Å². The summed E-state index contributed by atoms with van der Waals surface area (Å²) in [5.74, 6) is 1.84. The van der Waals surface area contributed by atoms with Gasteiger partial charge in [0, 0.05) is 0 Å². The van der Waals surface area contributed by atoms with Gasteiger partial charge in [-0.05, 0) is 36.1 Å². The van der Waals surface area contributed by atoms with Crippen molar-refractivity contribution in [1.29, 1.82) is 0 Å². The molecule has 1 heterocycles. The third-order valence-corrected chi connectivity index (χ3v) is 5.27. The largest absolute Gasteiger partial charge is 0.495 e. The molecular weight excluding hydrogens is 388 g/mol. The van der Waals surface area contributed by atoms with Crippen LogP contribution in [-0.2, 0) is 6.61 Å². The number of urea groups is 1.